The van der Waals surface area contributed by atoms with Gasteiger partial charge in [0.2, 0.25) is 5.91 Å². The van der Waals surface area contributed by atoms with Gasteiger partial charge in [0.15, 0.2) is 5.13 Å². The molecule has 2 aromatic rings. The van der Waals surface area contributed by atoms with Crippen molar-refractivity contribution in [3.05, 3.63) is 40.9 Å². The van der Waals surface area contributed by atoms with E-state index in [1.165, 1.54) is 11.3 Å². The molecule has 0 saturated heterocycles. The van der Waals surface area contributed by atoms with Crippen LogP contribution in [0.4, 0.5) is 5.13 Å². The molecule has 5 heteroatoms. The number of amides is 1. The van der Waals surface area contributed by atoms with Crippen LogP contribution in [0.25, 0.3) is 0 Å². The number of phenols is 1. The molecule has 19 heavy (non-hydrogen) atoms. The second-order valence-electron chi connectivity index (χ2n) is 4.63. The average Bonchev–Trinajstić information content (AvgIpc) is 2.77. The SMILES string of the molecule is CC(C)c1csc(NC(=O)Cc2cccc(O)c2)n1. The molecule has 100 valence electrons. The number of nitrogens with zero attached hydrogens (tertiary/aromatic N) is 1. The third kappa shape index (κ3) is 3.79. The second kappa shape index (κ2) is 5.84. The van der Waals surface area contributed by atoms with Gasteiger partial charge in [0, 0.05) is 5.38 Å². The van der Waals surface area contributed by atoms with Gasteiger partial charge in [-0.25, -0.2) is 4.98 Å². The maximum atomic E-state index is 11.8. The van der Waals surface area contributed by atoms with E-state index in [-0.39, 0.29) is 18.1 Å². The lowest BCUT2D eigenvalue weighted by Gasteiger charge is -2.03. The fraction of sp³-hybridized carbons (Fsp3) is 0.286. The van der Waals surface area contributed by atoms with Gasteiger partial charge in [-0.2, -0.15) is 0 Å². The van der Waals surface area contributed by atoms with Crippen molar-refractivity contribution in [3.8, 4) is 5.75 Å². The standard InChI is InChI=1S/C14H16N2O2S/c1-9(2)12-8-19-14(15-12)16-13(18)7-10-4-3-5-11(17)6-10/h3-6,8-9,17H,7H2,1-2H3,(H,15,16,18). The predicted molar refractivity (Wildman–Crippen MR) is 76.6 cm³/mol. The van der Waals surface area contributed by atoms with Crippen LogP contribution in [0.5, 0.6) is 5.75 Å². The molecular weight excluding hydrogens is 260 g/mol. The van der Waals surface area contributed by atoms with E-state index < -0.39 is 0 Å². The van der Waals surface area contributed by atoms with Crippen molar-refractivity contribution >= 4 is 22.4 Å². The molecule has 0 radical (unpaired) electrons. The second-order valence-corrected chi connectivity index (χ2v) is 5.49. The summed E-state index contributed by atoms with van der Waals surface area (Å²) in [5.74, 6) is 0.393. The number of hydrogen-bond acceptors (Lipinski definition) is 4. The first-order chi connectivity index (χ1) is 9.04. The Kier molecular flexibility index (Phi) is 4.16. The number of aromatic hydroxyl groups is 1. The Bertz CT molecular complexity index is 578. The summed E-state index contributed by atoms with van der Waals surface area (Å²) in [5, 5.41) is 14.7. The van der Waals surface area contributed by atoms with Crippen LogP contribution in [0, 0.1) is 0 Å². The van der Waals surface area contributed by atoms with Crippen molar-refractivity contribution in [2.75, 3.05) is 5.32 Å². The molecule has 0 atom stereocenters. The van der Waals surface area contributed by atoms with E-state index in [2.05, 4.69) is 24.1 Å². The minimum absolute atomic E-state index is 0.129. The summed E-state index contributed by atoms with van der Waals surface area (Å²) in [7, 11) is 0. The minimum Gasteiger partial charge on any atom is -0.508 e. The van der Waals surface area contributed by atoms with E-state index in [9.17, 15) is 9.90 Å². The van der Waals surface area contributed by atoms with Gasteiger partial charge in [-0.3, -0.25) is 4.79 Å². The lowest BCUT2D eigenvalue weighted by atomic mass is 10.1. The van der Waals surface area contributed by atoms with Crippen LogP contribution in [-0.2, 0) is 11.2 Å². The normalized spacial score (nSPS) is 10.7. The summed E-state index contributed by atoms with van der Waals surface area (Å²) in [6.45, 7) is 4.13. The first-order valence-electron chi connectivity index (χ1n) is 6.08. The van der Waals surface area contributed by atoms with Crippen LogP contribution in [0.1, 0.15) is 31.0 Å². The Morgan fingerprint density at radius 2 is 2.26 bits per heavy atom. The number of anilines is 1. The Morgan fingerprint density at radius 1 is 1.47 bits per heavy atom. The Morgan fingerprint density at radius 3 is 2.89 bits per heavy atom. The number of aromatic nitrogens is 1. The molecule has 0 aliphatic heterocycles. The number of thiazole rings is 1. The van der Waals surface area contributed by atoms with Gasteiger partial charge in [-0.1, -0.05) is 26.0 Å². The van der Waals surface area contributed by atoms with Crippen molar-refractivity contribution < 1.29 is 9.90 Å². The molecule has 0 aliphatic carbocycles. The maximum Gasteiger partial charge on any atom is 0.230 e. The smallest absolute Gasteiger partial charge is 0.230 e. The third-order valence-corrected chi connectivity index (χ3v) is 3.41. The molecule has 0 bridgehead atoms. The molecular formula is C14H16N2O2S. The summed E-state index contributed by atoms with van der Waals surface area (Å²) in [5.41, 5.74) is 1.76. The van der Waals surface area contributed by atoms with Gasteiger partial charge in [0.05, 0.1) is 12.1 Å². The summed E-state index contributed by atoms with van der Waals surface area (Å²) in [4.78, 5) is 16.2. The highest BCUT2D eigenvalue weighted by atomic mass is 32.1. The van der Waals surface area contributed by atoms with E-state index in [4.69, 9.17) is 0 Å². The fourth-order valence-corrected chi connectivity index (χ4v) is 2.51. The Hall–Kier alpha value is -1.88. The largest absolute Gasteiger partial charge is 0.508 e. The first-order valence-corrected chi connectivity index (χ1v) is 6.95. The van der Waals surface area contributed by atoms with E-state index >= 15 is 0 Å². The molecule has 1 heterocycles. The average molecular weight is 276 g/mol. The molecule has 0 unspecified atom stereocenters. The molecule has 1 aromatic carbocycles. The molecule has 0 aliphatic rings. The van der Waals surface area contributed by atoms with Crippen LogP contribution in [-0.4, -0.2) is 16.0 Å². The highest BCUT2D eigenvalue weighted by Crippen LogP contribution is 2.21. The monoisotopic (exact) mass is 276 g/mol. The van der Waals surface area contributed by atoms with Crippen LogP contribution in [0.2, 0.25) is 0 Å². The number of hydrogen-bond donors (Lipinski definition) is 2. The molecule has 0 fully saturated rings. The first kappa shape index (κ1) is 13.5. The summed E-state index contributed by atoms with van der Waals surface area (Å²) in [6.07, 6.45) is 0.227. The molecule has 0 spiro atoms. The third-order valence-electron chi connectivity index (χ3n) is 2.64. The number of rotatable bonds is 4. The molecule has 0 saturated carbocycles. The van der Waals surface area contributed by atoms with E-state index in [1.807, 2.05) is 5.38 Å². The summed E-state index contributed by atoms with van der Waals surface area (Å²) < 4.78 is 0. The van der Waals surface area contributed by atoms with Gasteiger partial charge in [-0.05, 0) is 23.6 Å². The van der Waals surface area contributed by atoms with Gasteiger partial charge in [0.25, 0.3) is 0 Å². The number of nitrogens with one attached hydrogen (secondary N) is 1. The zero-order valence-electron chi connectivity index (χ0n) is 10.9. The van der Waals surface area contributed by atoms with Crippen molar-refractivity contribution in [2.24, 2.45) is 0 Å². The van der Waals surface area contributed by atoms with E-state index in [0.717, 1.165) is 11.3 Å². The summed E-state index contributed by atoms with van der Waals surface area (Å²) >= 11 is 1.43. The Labute approximate surface area is 116 Å². The summed E-state index contributed by atoms with van der Waals surface area (Å²) in [6, 6.07) is 6.69. The van der Waals surface area contributed by atoms with Crippen molar-refractivity contribution in [1.29, 1.82) is 0 Å². The van der Waals surface area contributed by atoms with Gasteiger partial charge in [-0.15, -0.1) is 11.3 Å². The zero-order chi connectivity index (χ0) is 13.8. The van der Waals surface area contributed by atoms with Crippen LogP contribution in [0.15, 0.2) is 29.6 Å². The lowest BCUT2D eigenvalue weighted by molar-refractivity contribution is -0.115. The quantitative estimate of drug-likeness (QED) is 0.901. The molecule has 1 aromatic heterocycles. The van der Waals surface area contributed by atoms with Crippen LogP contribution in [0.3, 0.4) is 0 Å². The highest BCUT2D eigenvalue weighted by Gasteiger charge is 2.09. The maximum absolute atomic E-state index is 11.8. The van der Waals surface area contributed by atoms with Crippen LogP contribution >= 0.6 is 11.3 Å². The topological polar surface area (TPSA) is 62.2 Å². The molecule has 4 nitrogen and oxygen atoms in total. The molecule has 2 rings (SSSR count). The highest BCUT2D eigenvalue weighted by molar-refractivity contribution is 7.13. The number of carbonyl (C=O) groups is 1. The lowest BCUT2D eigenvalue weighted by Crippen LogP contribution is -2.14. The van der Waals surface area contributed by atoms with Gasteiger partial charge >= 0.3 is 0 Å². The molecule has 1 amide bonds. The minimum atomic E-state index is -0.129. The van der Waals surface area contributed by atoms with Crippen LogP contribution < -0.4 is 5.32 Å². The van der Waals surface area contributed by atoms with E-state index in [0.29, 0.717) is 11.0 Å². The predicted octanol–water partition coefficient (Wildman–Crippen LogP) is 3.15. The van der Waals surface area contributed by atoms with Crippen molar-refractivity contribution in [1.82, 2.24) is 4.98 Å². The van der Waals surface area contributed by atoms with Gasteiger partial charge < -0.3 is 10.4 Å². The van der Waals surface area contributed by atoms with Crippen molar-refractivity contribution in [2.45, 2.75) is 26.2 Å². The number of benzene rings is 1. The fourth-order valence-electron chi connectivity index (χ4n) is 1.62. The van der Waals surface area contributed by atoms with E-state index in [1.54, 1.807) is 24.3 Å². The Balaban J connectivity index is 1.97. The van der Waals surface area contributed by atoms with Gasteiger partial charge in [0.1, 0.15) is 5.75 Å². The van der Waals surface area contributed by atoms with Crippen molar-refractivity contribution in [3.63, 3.8) is 0 Å². The number of carbonyl (C=O) groups excluding carboxylic acids is 1. The number of phenolic OH excluding ortho intramolecular Hbond substituents is 1. The molecule has 2 N–H and O–H groups in total. The zero-order valence-corrected chi connectivity index (χ0v) is 11.7.